The molecule has 1 atom stereocenters. The summed E-state index contributed by atoms with van der Waals surface area (Å²) < 4.78 is 0. The van der Waals surface area contributed by atoms with E-state index in [2.05, 4.69) is 23.6 Å². The fraction of sp³-hybridized carbons (Fsp3) is 1.00. The smallest absolute Gasteiger partial charge is 0.0540 e. The summed E-state index contributed by atoms with van der Waals surface area (Å²) in [5.74, 6) is 2.63. The van der Waals surface area contributed by atoms with Crippen LogP contribution in [0.15, 0.2) is 0 Å². The van der Waals surface area contributed by atoms with Crippen molar-refractivity contribution in [3.8, 4) is 0 Å². The van der Waals surface area contributed by atoms with E-state index in [-0.39, 0.29) is 6.10 Å². The van der Waals surface area contributed by atoms with E-state index in [4.69, 9.17) is 0 Å². The van der Waals surface area contributed by atoms with Crippen LogP contribution in [0.4, 0.5) is 0 Å². The molecule has 1 saturated heterocycles. The molecule has 1 N–H and O–H groups in total. The molecule has 0 unspecified atom stereocenters. The molecule has 17 heavy (non-hydrogen) atoms. The van der Waals surface area contributed by atoms with Crippen molar-refractivity contribution >= 4 is 11.8 Å². The van der Waals surface area contributed by atoms with E-state index in [1.807, 2.05) is 0 Å². The molecule has 0 saturated carbocycles. The van der Waals surface area contributed by atoms with Crippen molar-refractivity contribution in [3.05, 3.63) is 0 Å². The first-order valence-corrected chi connectivity index (χ1v) is 8.46. The molecule has 1 aliphatic rings. The highest BCUT2D eigenvalue weighted by Gasteiger charge is 2.09. The van der Waals surface area contributed by atoms with Crippen LogP contribution in [-0.4, -0.2) is 47.3 Å². The molecule has 0 radical (unpaired) electrons. The van der Waals surface area contributed by atoms with E-state index < -0.39 is 0 Å². The average molecular weight is 259 g/mol. The minimum absolute atomic E-state index is 0.0404. The van der Waals surface area contributed by atoms with Gasteiger partial charge in [0.15, 0.2) is 0 Å². The lowest BCUT2D eigenvalue weighted by molar-refractivity contribution is 0.147. The Morgan fingerprint density at radius 1 is 1.06 bits per heavy atom. The van der Waals surface area contributed by atoms with Crippen LogP contribution >= 0.6 is 11.8 Å². The van der Waals surface area contributed by atoms with Gasteiger partial charge in [-0.2, -0.15) is 11.8 Å². The molecular weight excluding hydrogens is 230 g/mol. The minimum atomic E-state index is -0.0404. The highest BCUT2D eigenvalue weighted by Crippen LogP contribution is 2.12. The van der Waals surface area contributed by atoms with Gasteiger partial charge in [0.25, 0.3) is 0 Å². The van der Waals surface area contributed by atoms with Crippen LogP contribution in [0.5, 0.6) is 0 Å². The zero-order chi connectivity index (χ0) is 12.3. The van der Waals surface area contributed by atoms with E-state index in [9.17, 15) is 5.11 Å². The summed E-state index contributed by atoms with van der Waals surface area (Å²) in [7, 11) is 0. The van der Waals surface area contributed by atoms with Gasteiger partial charge in [0.1, 0.15) is 0 Å². The number of nitrogens with zero attached hydrogens (tertiary/aromatic N) is 1. The van der Waals surface area contributed by atoms with Crippen molar-refractivity contribution in [1.29, 1.82) is 0 Å². The monoisotopic (exact) mass is 259 g/mol. The van der Waals surface area contributed by atoms with Gasteiger partial charge in [0, 0.05) is 24.6 Å². The van der Waals surface area contributed by atoms with Crippen LogP contribution in [-0.2, 0) is 0 Å². The molecule has 1 rings (SSSR count). The minimum Gasteiger partial charge on any atom is -0.393 e. The first kappa shape index (κ1) is 15.3. The predicted octanol–water partition coefficient (Wildman–Crippen LogP) is 3.15. The molecule has 0 spiro atoms. The van der Waals surface area contributed by atoms with Gasteiger partial charge in [0.05, 0.1) is 6.10 Å². The van der Waals surface area contributed by atoms with Crippen LogP contribution < -0.4 is 0 Å². The molecule has 0 aromatic heterocycles. The van der Waals surface area contributed by atoms with Crippen LogP contribution in [0.2, 0.25) is 0 Å². The Balaban J connectivity index is 1.86. The van der Waals surface area contributed by atoms with Gasteiger partial charge in [-0.1, -0.05) is 32.6 Å². The van der Waals surface area contributed by atoms with E-state index in [0.717, 1.165) is 12.8 Å². The van der Waals surface area contributed by atoms with Gasteiger partial charge in [0.2, 0.25) is 0 Å². The van der Waals surface area contributed by atoms with Crippen LogP contribution in [0.25, 0.3) is 0 Å². The first-order chi connectivity index (χ1) is 8.33. The van der Waals surface area contributed by atoms with E-state index in [0.29, 0.717) is 0 Å². The second kappa shape index (κ2) is 10.2. The molecule has 0 aromatic rings. The maximum absolute atomic E-state index is 9.72. The number of thioether (sulfide) groups is 1. The summed E-state index contributed by atoms with van der Waals surface area (Å²) in [4.78, 5) is 2.59. The van der Waals surface area contributed by atoms with Crippen molar-refractivity contribution in [2.24, 2.45) is 0 Å². The molecular formula is C14H29NOS. The SMILES string of the molecule is CCCC[C@@H](O)CCCCCN1CCSCC1. The molecule has 0 aliphatic carbocycles. The maximum atomic E-state index is 9.72. The largest absolute Gasteiger partial charge is 0.393 e. The molecule has 1 fully saturated rings. The third-order valence-corrected chi connectivity index (χ3v) is 4.45. The zero-order valence-electron chi connectivity index (χ0n) is 11.4. The maximum Gasteiger partial charge on any atom is 0.0540 e. The van der Waals surface area contributed by atoms with Crippen molar-refractivity contribution in [2.45, 2.75) is 58.0 Å². The summed E-state index contributed by atoms with van der Waals surface area (Å²) in [6.07, 6.45) is 8.14. The Kier molecular flexibility index (Phi) is 9.21. The molecule has 1 heterocycles. The molecule has 1 aliphatic heterocycles. The van der Waals surface area contributed by atoms with Gasteiger partial charge in [-0.3, -0.25) is 0 Å². The molecule has 102 valence electrons. The van der Waals surface area contributed by atoms with Crippen molar-refractivity contribution in [2.75, 3.05) is 31.1 Å². The number of aliphatic hydroxyl groups is 1. The van der Waals surface area contributed by atoms with Gasteiger partial charge in [-0.25, -0.2) is 0 Å². The fourth-order valence-corrected chi connectivity index (χ4v) is 3.28. The standard InChI is InChI=1S/C14H29NOS/c1-2-3-7-14(16)8-5-4-6-9-15-10-12-17-13-11-15/h14,16H,2-13H2,1H3/t14-/m1/s1. The Bertz CT molecular complexity index is 172. The number of hydrogen-bond acceptors (Lipinski definition) is 3. The summed E-state index contributed by atoms with van der Waals surface area (Å²) in [5.41, 5.74) is 0. The fourth-order valence-electron chi connectivity index (χ4n) is 2.30. The summed E-state index contributed by atoms with van der Waals surface area (Å²) in [5, 5.41) is 9.72. The Hall–Kier alpha value is 0.270. The molecule has 3 heteroatoms. The zero-order valence-corrected chi connectivity index (χ0v) is 12.2. The predicted molar refractivity (Wildman–Crippen MR) is 77.8 cm³/mol. The second-order valence-corrected chi connectivity index (χ2v) is 6.32. The number of rotatable bonds is 9. The Morgan fingerprint density at radius 2 is 1.76 bits per heavy atom. The van der Waals surface area contributed by atoms with E-state index in [1.165, 1.54) is 63.2 Å². The summed E-state index contributed by atoms with van der Waals surface area (Å²) in [6, 6.07) is 0. The van der Waals surface area contributed by atoms with Gasteiger partial charge in [-0.05, 0) is 25.8 Å². The first-order valence-electron chi connectivity index (χ1n) is 7.31. The average Bonchev–Trinajstić information content (AvgIpc) is 2.37. The van der Waals surface area contributed by atoms with Gasteiger partial charge in [-0.15, -0.1) is 0 Å². The molecule has 0 bridgehead atoms. The molecule has 0 aromatic carbocycles. The molecule has 2 nitrogen and oxygen atoms in total. The van der Waals surface area contributed by atoms with Crippen molar-refractivity contribution in [3.63, 3.8) is 0 Å². The Labute approximate surface area is 111 Å². The topological polar surface area (TPSA) is 23.5 Å². The van der Waals surface area contributed by atoms with E-state index >= 15 is 0 Å². The lowest BCUT2D eigenvalue weighted by Gasteiger charge is -2.25. The second-order valence-electron chi connectivity index (χ2n) is 5.10. The Morgan fingerprint density at radius 3 is 2.47 bits per heavy atom. The number of hydrogen-bond donors (Lipinski definition) is 1. The third kappa shape index (κ3) is 8.06. The van der Waals surface area contributed by atoms with Crippen LogP contribution in [0, 0.1) is 0 Å². The lowest BCUT2D eigenvalue weighted by atomic mass is 10.1. The highest BCUT2D eigenvalue weighted by atomic mass is 32.2. The number of aliphatic hydroxyl groups excluding tert-OH is 1. The van der Waals surface area contributed by atoms with E-state index in [1.54, 1.807) is 0 Å². The third-order valence-electron chi connectivity index (χ3n) is 3.51. The van der Waals surface area contributed by atoms with Crippen molar-refractivity contribution in [1.82, 2.24) is 4.90 Å². The van der Waals surface area contributed by atoms with Gasteiger partial charge < -0.3 is 10.0 Å². The summed E-state index contributed by atoms with van der Waals surface area (Å²) >= 11 is 2.08. The quantitative estimate of drug-likeness (QED) is 0.644. The normalized spacial score (nSPS) is 19.4. The van der Waals surface area contributed by atoms with Crippen LogP contribution in [0.1, 0.15) is 51.9 Å². The number of unbranched alkanes of at least 4 members (excludes halogenated alkanes) is 3. The van der Waals surface area contributed by atoms with Crippen LogP contribution in [0.3, 0.4) is 0 Å². The van der Waals surface area contributed by atoms with Gasteiger partial charge >= 0.3 is 0 Å². The summed E-state index contributed by atoms with van der Waals surface area (Å²) in [6.45, 7) is 6.02. The highest BCUT2D eigenvalue weighted by molar-refractivity contribution is 7.99. The molecule has 0 amide bonds. The lowest BCUT2D eigenvalue weighted by Crippen LogP contribution is -2.33. The van der Waals surface area contributed by atoms with Crippen molar-refractivity contribution < 1.29 is 5.11 Å².